The van der Waals surface area contributed by atoms with Gasteiger partial charge in [0.2, 0.25) is 0 Å². The summed E-state index contributed by atoms with van der Waals surface area (Å²) in [6.45, 7) is 4.61. The molecule has 3 unspecified atom stereocenters. The molecule has 3 nitrogen and oxygen atoms in total. The lowest BCUT2D eigenvalue weighted by atomic mass is 9.90. The van der Waals surface area contributed by atoms with E-state index in [1.165, 1.54) is 36.4 Å². The predicted octanol–water partition coefficient (Wildman–Crippen LogP) is 4.45. The van der Waals surface area contributed by atoms with Crippen LogP contribution in [0.4, 0.5) is 0 Å². The minimum Gasteiger partial charge on any atom is -0.461 e. The highest BCUT2D eigenvalue weighted by Crippen LogP contribution is 2.44. The zero-order valence-corrected chi connectivity index (χ0v) is 17.0. The van der Waals surface area contributed by atoms with Crippen LogP contribution in [0.25, 0.3) is 0 Å². The SMILES string of the molecule is CSC(=S)SC(C)(C)C(=O)OC1CC(OCC2CC3C=CC2C3)C1. The van der Waals surface area contributed by atoms with E-state index < -0.39 is 4.75 Å². The molecule has 0 aromatic rings. The van der Waals surface area contributed by atoms with E-state index in [4.69, 9.17) is 21.7 Å². The van der Waals surface area contributed by atoms with Crippen molar-refractivity contribution < 1.29 is 14.3 Å². The Morgan fingerprint density at radius 1 is 1.21 bits per heavy atom. The van der Waals surface area contributed by atoms with E-state index >= 15 is 0 Å². The molecule has 3 aliphatic carbocycles. The molecule has 0 spiro atoms. The van der Waals surface area contributed by atoms with Crippen LogP contribution in [0.15, 0.2) is 12.2 Å². The van der Waals surface area contributed by atoms with Crippen molar-refractivity contribution in [1.29, 1.82) is 0 Å². The number of ether oxygens (including phenoxy) is 2. The van der Waals surface area contributed by atoms with Gasteiger partial charge in [0.1, 0.15) is 14.4 Å². The van der Waals surface area contributed by atoms with Crippen LogP contribution in [0.3, 0.4) is 0 Å². The van der Waals surface area contributed by atoms with Gasteiger partial charge in [0, 0.05) is 12.8 Å². The van der Waals surface area contributed by atoms with Gasteiger partial charge in [-0.2, -0.15) is 0 Å². The number of esters is 1. The lowest BCUT2D eigenvalue weighted by Gasteiger charge is -2.37. The van der Waals surface area contributed by atoms with E-state index in [0.717, 1.165) is 34.8 Å². The quantitative estimate of drug-likeness (QED) is 0.381. The zero-order valence-electron chi connectivity index (χ0n) is 14.5. The number of hydrogen-bond acceptors (Lipinski definition) is 6. The highest BCUT2D eigenvalue weighted by Gasteiger charge is 2.40. The fourth-order valence-electron chi connectivity index (χ4n) is 3.68. The summed E-state index contributed by atoms with van der Waals surface area (Å²) < 4.78 is 11.8. The fourth-order valence-corrected chi connectivity index (χ4v) is 5.81. The van der Waals surface area contributed by atoms with Gasteiger partial charge < -0.3 is 9.47 Å². The Bertz CT molecular complexity index is 526. The summed E-state index contributed by atoms with van der Waals surface area (Å²) in [4.78, 5) is 12.3. The van der Waals surface area contributed by atoms with Crippen molar-refractivity contribution in [1.82, 2.24) is 0 Å². The van der Waals surface area contributed by atoms with Crippen LogP contribution in [0.1, 0.15) is 39.5 Å². The van der Waals surface area contributed by atoms with Crippen LogP contribution in [0.2, 0.25) is 0 Å². The Kier molecular flexibility index (Phi) is 6.00. The van der Waals surface area contributed by atoms with Crippen LogP contribution in [0, 0.1) is 17.8 Å². The van der Waals surface area contributed by atoms with Crippen molar-refractivity contribution in [3.63, 3.8) is 0 Å². The second kappa shape index (κ2) is 7.68. The number of hydrogen-bond donors (Lipinski definition) is 0. The van der Waals surface area contributed by atoms with E-state index in [2.05, 4.69) is 12.2 Å². The summed E-state index contributed by atoms with van der Waals surface area (Å²) in [6, 6.07) is 0. The average Bonchev–Trinajstić information content (AvgIpc) is 3.11. The van der Waals surface area contributed by atoms with Crippen LogP contribution in [-0.2, 0) is 14.3 Å². The number of carbonyl (C=O) groups excluding carboxylic acids is 1. The Hall–Kier alpha value is -0.0400. The third kappa shape index (κ3) is 4.37. The topological polar surface area (TPSA) is 35.5 Å². The Morgan fingerprint density at radius 3 is 2.54 bits per heavy atom. The molecule has 0 heterocycles. The summed E-state index contributed by atoms with van der Waals surface area (Å²) in [7, 11) is 0. The first kappa shape index (κ1) is 18.7. The van der Waals surface area contributed by atoms with Gasteiger partial charge in [-0.1, -0.05) is 36.1 Å². The Balaban J connectivity index is 1.34. The predicted molar refractivity (Wildman–Crippen MR) is 105 cm³/mol. The highest BCUT2D eigenvalue weighted by atomic mass is 32.2. The fraction of sp³-hybridized carbons (Fsp3) is 0.778. The largest absolute Gasteiger partial charge is 0.461 e. The summed E-state index contributed by atoms with van der Waals surface area (Å²) >= 11 is 8.10. The molecular formula is C18H26O3S3. The molecule has 24 heavy (non-hydrogen) atoms. The number of allylic oxidation sites excluding steroid dienone is 2. The number of fused-ring (bicyclic) bond motifs is 2. The van der Waals surface area contributed by atoms with E-state index in [1.54, 1.807) is 0 Å². The molecule has 0 aromatic carbocycles. The van der Waals surface area contributed by atoms with Gasteiger partial charge in [0.25, 0.3) is 0 Å². The van der Waals surface area contributed by atoms with Crippen molar-refractivity contribution in [2.75, 3.05) is 12.9 Å². The summed E-state index contributed by atoms with van der Waals surface area (Å²) in [6.07, 6.45) is 11.2. The van der Waals surface area contributed by atoms with Crippen molar-refractivity contribution in [2.45, 2.75) is 56.5 Å². The van der Waals surface area contributed by atoms with Crippen LogP contribution < -0.4 is 0 Å². The van der Waals surface area contributed by atoms with Gasteiger partial charge in [-0.3, -0.25) is 4.79 Å². The van der Waals surface area contributed by atoms with Crippen LogP contribution in [-0.4, -0.2) is 39.3 Å². The smallest absolute Gasteiger partial charge is 0.322 e. The molecule has 2 fully saturated rings. The number of thioether (sulfide) groups is 2. The minimum absolute atomic E-state index is 0.00477. The van der Waals surface area contributed by atoms with E-state index in [9.17, 15) is 4.79 Å². The zero-order chi connectivity index (χ0) is 17.3. The van der Waals surface area contributed by atoms with Crippen molar-refractivity contribution in [2.24, 2.45) is 17.8 Å². The summed E-state index contributed by atoms with van der Waals surface area (Å²) in [5.74, 6) is 2.06. The summed E-state index contributed by atoms with van der Waals surface area (Å²) in [5, 5.41) is 0. The van der Waals surface area contributed by atoms with Crippen LogP contribution >= 0.6 is 35.7 Å². The normalized spacial score (nSPS) is 34.2. The maximum Gasteiger partial charge on any atom is 0.322 e. The molecule has 3 atom stereocenters. The molecule has 0 saturated heterocycles. The van der Waals surface area contributed by atoms with Gasteiger partial charge in [0.05, 0.1) is 12.7 Å². The van der Waals surface area contributed by atoms with E-state index in [1.807, 2.05) is 20.1 Å². The summed E-state index contributed by atoms with van der Waals surface area (Å²) in [5.41, 5.74) is 0. The molecule has 2 saturated carbocycles. The molecule has 6 heteroatoms. The molecule has 0 N–H and O–H groups in total. The standard InChI is InChI=1S/C18H26O3S3/c1-18(2,24-17(22)23-3)16(19)21-15-8-14(9-15)20-10-13-7-11-4-5-12(13)6-11/h4-5,11-15H,6-10H2,1-3H3. The molecule has 0 amide bonds. The first-order valence-corrected chi connectivity index (χ1v) is 11.1. The van der Waals surface area contributed by atoms with Gasteiger partial charge in [-0.25, -0.2) is 0 Å². The molecule has 0 radical (unpaired) electrons. The number of rotatable bonds is 6. The molecule has 3 rings (SSSR count). The first-order valence-electron chi connectivity index (χ1n) is 8.65. The lowest BCUT2D eigenvalue weighted by molar-refractivity contribution is -0.165. The van der Waals surface area contributed by atoms with Gasteiger partial charge in [-0.05, 0) is 50.7 Å². The monoisotopic (exact) mass is 386 g/mol. The second-order valence-electron chi connectivity index (χ2n) is 7.56. The second-order valence-corrected chi connectivity index (χ2v) is 11.2. The first-order chi connectivity index (χ1) is 11.4. The average molecular weight is 387 g/mol. The van der Waals surface area contributed by atoms with E-state index in [0.29, 0.717) is 5.92 Å². The molecule has 134 valence electrons. The molecule has 0 aliphatic heterocycles. The molecule has 3 aliphatic rings. The molecule has 0 aromatic heterocycles. The van der Waals surface area contributed by atoms with Crippen molar-refractivity contribution in [3.05, 3.63) is 12.2 Å². The van der Waals surface area contributed by atoms with Gasteiger partial charge >= 0.3 is 5.97 Å². The maximum absolute atomic E-state index is 12.3. The Morgan fingerprint density at radius 2 is 1.96 bits per heavy atom. The Labute approximate surface area is 158 Å². The van der Waals surface area contributed by atoms with Gasteiger partial charge in [0.15, 0.2) is 0 Å². The van der Waals surface area contributed by atoms with Gasteiger partial charge in [-0.15, -0.1) is 11.8 Å². The van der Waals surface area contributed by atoms with Crippen LogP contribution in [0.5, 0.6) is 0 Å². The van der Waals surface area contributed by atoms with E-state index in [-0.39, 0.29) is 18.2 Å². The maximum atomic E-state index is 12.3. The third-order valence-electron chi connectivity index (χ3n) is 5.28. The highest BCUT2D eigenvalue weighted by molar-refractivity contribution is 8.47. The third-order valence-corrected chi connectivity index (χ3v) is 7.96. The van der Waals surface area contributed by atoms with Crippen molar-refractivity contribution in [3.8, 4) is 0 Å². The lowest BCUT2D eigenvalue weighted by Crippen LogP contribution is -2.43. The van der Waals surface area contributed by atoms with Crippen molar-refractivity contribution >= 4 is 45.2 Å². The molecule has 2 bridgehead atoms. The molecular weight excluding hydrogens is 360 g/mol. The number of carbonyl (C=O) groups is 1. The number of thiocarbonyl (C=S) groups is 1. The minimum atomic E-state index is -0.624.